The Balaban J connectivity index is 1.62. The fourth-order valence-electron chi connectivity index (χ4n) is 3.77. The quantitative estimate of drug-likeness (QED) is 0.298. The number of aliphatic imine (C=N–C) groups is 2. The van der Waals surface area contributed by atoms with E-state index in [0.717, 1.165) is 22.3 Å². The molecule has 37 heavy (non-hydrogen) atoms. The van der Waals surface area contributed by atoms with E-state index in [2.05, 4.69) is 22.1 Å². The van der Waals surface area contributed by atoms with Crippen molar-refractivity contribution in [2.75, 3.05) is 0 Å². The molecule has 6 nitrogen and oxygen atoms in total. The lowest BCUT2D eigenvalue weighted by Gasteiger charge is -2.27. The average Bonchev–Trinajstić information content (AvgIpc) is 2.92. The van der Waals surface area contributed by atoms with Crippen LogP contribution in [0, 0.1) is 22.7 Å². The van der Waals surface area contributed by atoms with Crippen LogP contribution in [0.3, 0.4) is 0 Å². The van der Waals surface area contributed by atoms with E-state index in [9.17, 15) is 10.2 Å². The molecule has 0 saturated carbocycles. The number of aromatic hydroxyl groups is 2. The summed E-state index contributed by atoms with van der Waals surface area (Å²) in [7, 11) is 0. The van der Waals surface area contributed by atoms with Crippen molar-refractivity contribution < 1.29 is 10.2 Å². The molecule has 4 rings (SSSR count). The molecule has 0 unspecified atom stereocenters. The van der Waals surface area contributed by atoms with Gasteiger partial charge < -0.3 is 10.2 Å². The Hall–Kier alpha value is -5.20. The van der Waals surface area contributed by atoms with Crippen molar-refractivity contribution in [1.82, 2.24) is 0 Å². The Kier molecular flexibility index (Phi) is 7.14. The number of hydrogen-bond donors (Lipinski definition) is 2. The SMILES string of the molecule is CC(C)(c1ccc(O)c(N=Cc2ccc(C#N)cc2)c1)c1ccc(O)c(N=Cc2ccc(C#N)cc2)c1. The van der Waals surface area contributed by atoms with Gasteiger partial charge in [-0.15, -0.1) is 0 Å². The van der Waals surface area contributed by atoms with Gasteiger partial charge in [0.25, 0.3) is 0 Å². The molecule has 0 aliphatic rings. The van der Waals surface area contributed by atoms with Crippen molar-refractivity contribution in [3.8, 4) is 23.6 Å². The molecule has 180 valence electrons. The van der Waals surface area contributed by atoms with Crippen LogP contribution in [0.4, 0.5) is 11.4 Å². The van der Waals surface area contributed by atoms with E-state index < -0.39 is 5.41 Å². The molecular formula is C31H24N4O2. The molecular weight excluding hydrogens is 460 g/mol. The maximum absolute atomic E-state index is 10.4. The van der Waals surface area contributed by atoms with Gasteiger partial charge in [-0.2, -0.15) is 10.5 Å². The Morgan fingerprint density at radius 2 is 1.00 bits per heavy atom. The first-order chi connectivity index (χ1) is 17.8. The monoisotopic (exact) mass is 484 g/mol. The van der Waals surface area contributed by atoms with Crippen LogP contribution in [-0.4, -0.2) is 22.6 Å². The summed E-state index contributed by atoms with van der Waals surface area (Å²) in [6.45, 7) is 4.10. The normalized spacial score (nSPS) is 11.5. The van der Waals surface area contributed by atoms with E-state index >= 15 is 0 Å². The Labute approximate surface area is 215 Å². The summed E-state index contributed by atoms with van der Waals surface area (Å²) < 4.78 is 0. The van der Waals surface area contributed by atoms with E-state index in [4.69, 9.17) is 10.5 Å². The van der Waals surface area contributed by atoms with Crippen molar-refractivity contribution in [2.24, 2.45) is 9.98 Å². The van der Waals surface area contributed by atoms with E-state index in [0.29, 0.717) is 22.5 Å². The fourth-order valence-corrected chi connectivity index (χ4v) is 3.77. The average molecular weight is 485 g/mol. The fraction of sp³-hybridized carbons (Fsp3) is 0.0968. The molecule has 0 fully saturated rings. The molecule has 4 aromatic rings. The number of phenolic OH excluding ortho intramolecular Hbond substituents is 2. The predicted octanol–water partition coefficient (Wildman–Crippen LogP) is 6.67. The molecule has 4 aromatic carbocycles. The minimum Gasteiger partial charge on any atom is -0.506 e. The first-order valence-electron chi connectivity index (χ1n) is 11.6. The summed E-state index contributed by atoms with van der Waals surface area (Å²) in [5, 5.41) is 38.7. The number of phenols is 2. The second kappa shape index (κ2) is 10.6. The van der Waals surface area contributed by atoms with Crippen molar-refractivity contribution in [1.29, 1.82) is 10.5 Å². The number of rotatable bonds is 6. The lowest BCUT2D eigenvalue weighted by Crippen LogP contribution is -2.18. The third-order valence-electron chi connectivity index (χ3n) is 6.18. The van der Waals surface area contributed by atoms with Crippen LogP contribution in [-0.2, 0) is 5.41 Å². The first-order valence-corrected chi connectivity index (χ1v) is 11.6. The zero-order chi connectivity index (χ0) is 26.4. The summed E-state index contributed by atoms with van der Waals surface area (Å²) in [5.74, 6) is 0.116. The van der Waals surface area contributed by atoms with Gasteiger partial charge in [0.2, 0.25) is 0 Å². The lowest BCUT2D eigenvalue weighted by atomic mass is 9.77. The van der Waals surface area contributed by atoms with Crippen LogP contribution in [0.25, 0.3) is 0 Å². The summed E-state index contributed by atoms with van der Waals surface area (Å²) in [5.41, 5.74) is 4.96. The third-order valence-corrected chi connectivity index (χ3v) is 6.18. The minimum absolute atomic E-state index is 0.0582. The number of nitriles is 2. The number of hydrogen-bond acceptors (Lipinski definition) is 6. The molecule has 0 heterocycles. The minimum atomic E-state index is -0.487. The smallest absolute Gasteiger partial charge is 0.141 e. The topological polar surface area (TPSA) is 113 Å². The molecule has 0 bridgehead atoms. The van der Waals surface area contributed by atoms with Gasteiger partial charge in [0, 0.05) is 17.8 Å². The highest BCUT2D eigenvalue weighted by Crippen LogP contribution is 2.39. The Bertz CT molecular complexity index is 1450. The Morgan fingerprint density at radius 1 is 0.622 bits per heavy atom. The highest BCUT2D eigenvalue weighted by molar-refractivity contribution is 5.84. The number of benzene rings is 4. The molecule has 0 saturated heterocycles. The van der Waals surface area contributed by atoms with E-state index in [1.54, 1.807) is 73.1 Å². The van der Waals surface area contributed by atoms with Gasteiger partial charge in [-0.3, -0.25) is 9.98 Å². The third kappa shape index (κ3) is 5.73. The van der Waals surface area contributed by atoms with Crippen LogP contribution >= 0.6 is 0 Å². The molecule has 0 atom stereocenters. The maximum atomic E-state index is 10.4. The molecule has 0 aromatic heterocycles. The van der Waals surface area contributed by atoms with E-state index in [-0.39, 0.29) is 11.5 Å². The van der Waals surface area contributed by atoms with Crippen LogP contribution in [0.15, 0.2) is 94.9 Å². The van der Waals surface area contributed by atoms with Crippen LogP contribution in [0.5, 0.6) is 11.5 Å². The standard InChI is InChI=1S/C31H24N4O2/c1-31(2,25-11-13-29(36)27(15-25)34-19-23-7-3-21(17-32)4-8-23)26-12-14-30(37)28(16-26)35-20-24-9-5-22(18-33)6-10-24/h3-16,19-20,36-37H,1-2H3. The van der Waals surface area contributed by atoms with Gasteiger partial charge in [0.05, 0.1) is 23.3 Å². The molecule has 0 aliphatic heterocycles. The first kappa shape index (κ1) is 24.9. The maximum Gasteiger partial charge on any atom is 0.141 e. The largest absolute Gasteiger partial charge is 0.506 e. The highest BCUT2D eigenvalue weighted by atomic mass is 16.3. The van der Waals surface area contributed by atoms with Crippen molar-refractivity contribution in [3.63, 3.8) is 0 Å². The molecule has 0 amide bonds. The molecule has 0 radical (unpaired) electrons. The zero-order valence-electron chi connectivity index (χ0n) is 20.4. The van der Waals surface area contributed by atoms with Crippen LogP contribution in [0.2, 0.25) is 0 Å². The zero-order valence-corrected chi connectivity index (χ0v) is 20.4. The molecule has 0 spiro atoms. The summed E-state index contributed by atoms with van der Waals surface area (Å²) in [6.07, 6.45) is 3.28. The van der Waals surface area contributed by atoms with Crippen LogP contribution < -0.4 is 0 Å². The second-order valence-corrected chi connectivity index (χ2v) is 9.02. The molecule has 6 heteroatoms. The summed E-state index contributed by atoms with van der Waals surface area (Å²) in [6, 6.07) is 28.8. The van der Waals surface area contributed by atoms with Gasteiger partial charge in [-0.05, 0) is 70.8 Å². The Morgan fingerprint density at radius 3 is 1.35 bits per heavy atom. The lowest BCUT2D eigenvalue weighted by molar-refractivity contribution is 0.475. The van der Waals surface area contributed by atoms with E-state index in [1.807, 2.05) is 38.1 Å². The van der Waals surface area contributed by atoms with Gasteiger partial charge in [-0.25, -0.2) is 0 Å². The summed E-state index contributed by atoms with van der Waals surface area (Å²) >= 11 is 0. The van der Waals surface area contributed by atoms with Crippen molar-refractivity contribution in [2.45, 2.75) is 19.3 Å². The van der Waals surface area contributed by atoms with Crippen molar-refractivity contribution in [3.05, 3.63) is 118 Å². The number of nitrogens with zero attached hydrogens (tertiary/aromatic N) is 4. The summed E-state index contributed by atoms with van der Waals surface area (Å²) in [4.78, 5) is 8.93. The highest BCUT2D eigenvalue weighted by Gasteiger charge is 2.25. The van der Waals surface area contributed by atoms with E-state index in [1.165, 1.54) is 0 Å². The van der Waals surface area contributed by atoms with Crippen LogP contribution in [0.1, 0.15) is 47.2 Å². The van der Waals surface area contributed by atoms with Gasteiger partial charge in [0.15, 0.2) is 0 Å². The second-order valence-electron chi connectivity index (χ2n) is 9.02. The van der Waals surface area contributed by atoms with Crippen molar-refractivity contribution >= 4 is 23.8 Å². The molecule has 2 N–H and O–H groups in total. The molecule has 0 aliphatic carbocycles. The van der Waals surface area contributed by atoms with Gasteiger partial charge >= 0.3 is 0 Å². The predicted molar refractivity (Wildman–Crippen MR) is 145 cm³/mol. The van der Waals surface area contributed by atoms with Gasteiger partial charge in [0.1, 0.15) is 22.9 Å². The van der Waals surface area contributed by atoms with Gasteiger partial charge in [-0.1, -0.05) is 50.2 Å².